The second kappa shape index (κ2) is 5.33. The summed E-state index contributed by atoms with van der Waals surface area (Å²) in [7, 11) is 0. The third-order valence-corrected chi connectivity index (χ3v) is 2.57. The number of aryl methyl sites for hydroxylation is 1. The van der Waals surface area contributed by atoms with E-state index >= 15 is 0 Å². The number of nitrogens with one attached hydrogen (secondary N) is 1. The summed E-state index contributed by atoms with van der Waals surface area (Å²) in [6, 6.07) is 13.6. The average Bonchev–Trinajstić information content (AvgIpc) is 2.83. The van der Waals surface area contributed by atoms with Gasteiger partial charge < -0.3 is 4.42 Å². The Balaban J connectivity index is 2.05. The maximum atomic E-state index is 9.16. The molecule has 3 nitrogen and oxygen atoms in total. The van der Waals surface area contributed by atoms with Gasteiger partial charge in [0.15, 0.2) is 0 Å². The molecular weight excluding hydrogens is 212 g/mol. The molecule has 1 unspecified atom stereocenters. The molecule has 0 aliphatic heterocycles. The lowest BCUT2D eigenvalue weighted by Gasteiger charge is -2.11. The first-order chi connectivity index (χ1) is 8.29. The SMILES string of the molecule is Cc1cccc(C(C#N)NCc2ccco2)c1. The van der Waals surface area contributed by atoms with Gasteiger partial charge in [-0.3, -0.25) is 5.32 Å². The maximum absolute atomic E-state index is 9.16. The van der Waals surface area contributed by atoms with Gasteiger partial charge in [0, 0.05) is 0 Å². The molecule has 2 rings (SSSR count). The quantitative estimate of drug-likeness (QED) is 0.872. The van der Waals surface area contributed by atoms with Crippen LogP contribution in [0.25, 0.3) is 0 Å². The van der Waals surface area contributed by atoms with Crippen LogP contribution in [-0.4, -0.2) is 0 Å². The van der Waals surface area contributed by atoms with E-state index in [0.29, 0.717) is 6.54 Å². The van der Waals surface area contributed by atoms with Crippen molar-refractivity contribution in [2.24, 2.45) is 0 Å². The van der Waals surface area contributed by atoms with Crippen LogP contribution < -0.4 is 5.32 Å². The van der Waals surface area contributed by atoms with E-state index in [1.165, 1.54) is 0 Å². The molecule has 0 radical (unpaired) electrons. The molecule has 1 aromatic carbocycles. The molecule has 1 aromatic heterocycles. The number of hydrogen-bond donors (Lipinski definition) is 1. The first kappa shape index (κ1) is 11.4. The predicted molar refractivity (Wildman–Crippen MR) is 65.1 cm³/mol. The zero-order valence-corrected chi connectivity index (χ0v) is 9.68. The van der Waals surface area contributed by atoms with E-state index in [2.05, 4.69) is 11.4 Å². The molecule has 1 atom stereocenters. The first-order valence-electron chi connectivity index (χ1n) is 5.51. The van der Waals surface area contributed by atoms with Crippen LogP contribution in [0.5, 0.6) is 0 Å². The molecule has 0 amide bonds. The van der Waals surface area contributed by atoms with E-state index < -0.39 is 0 Å². The average molecular weight is 226 g/mol. The van der Waals surface area contributed by atoms with Crippen molar-refractivity contribution in [1.82, 2.24) is 5.32 Å². The predicted octanol–water partition coefficient (Wildman–Crippen LogP) is 2.94. The lowest BCUT2D eigenvalue weighted by molar-refractivity contribution is 0.473. The molecule has 0 fully saturated rings. The van der Waals surface area contributed by atoms with Gasteiger partial charge in [0.1, 0.15) is 11.8 Å². The zero-order chi connectivity index (χ0) is 12.1. The fourth-order valence-electron chi connectivity index (χ4n) is 1.70. The molecule has 1 heterocycles. The lowest BCUT2D eigenvalue weighted by Crippen LogP contribution is -2.19. The standard InChI is InChI=1S/C14H14N2O/c1-11-4-2-5-12(8-11)14(9-15)16-10-13-6-3-7-17-13/h2-8,14,16H,10H2,1H3. The van der Waals surface area contributed by atoms with Crippen molar-refractivity contribution < 1.29 is 4.42 Å². The molecule has 0 spiro atoms. The molecule has 0 bridgehead atoms. The Labute approximate surface area is 101 Å². The highest BCUT2D eigenvalue weighted by molar-refractivity contribution is 5.28. The number of nitrogens with zero attached hydrogens (tertiary/aromatic N) is 1. The zero-order valence-electron chi connectivity index (χ0n) is 9.68. The number of hydrogen-bond acceptors (Lipinski definition) is 3. The Bertz CT molecular complexity index is 511. The van der Waals surface area contributed by atoms with E-state index in [-0.39, 0.29) is 6.04 Å². The fraction of sp³-hybridized carbons (Fsp3) is 0.214. The molecule has 17 heavy (non-hydrogen) atoms. The van der Waals surface area contributed by atoms with Gasteiger partial charge in [-0.1, -0.05) is 29.8 Å². The van der Waals surface area contributed by atoms with E-state index in [4.69, 9.17) is 9.68 Å². The summed E-state index contributed by atoms with van der Waals surface area (Å²) in [6.45, 7) is 2.57. The Morgan fingerprint density at radius 1 is 1.35 bits per heavy atom. The molecule has 3 heteroatoms. The summed E-state index contributed by atoms with van der Waals surface area (Å²) in [5, 5.41) is 12.3. The van der Waals surface area contributed by atoms with Crippen LogP contribution in [0.4, 0.5) is 0 Å². The van der Waals surface area contributed by atoms with E-state index in [1.807, 2.05) is 43.3 Å². The number of rotatable bonds is 4. The third-order valence-electron chi connectivity index (χ3n) is 2.57. The van der Waals surface area contributed by atoms with Gasteiger partial charge in [-0.2, -0.15) is 5.26 Å². The normalized spacial score (nSPS) is 12.0. The smallest absolute Gasteiger partial charge is 0.121 e. The van der Waals surface area contributed by atoms with Gasteiger partial charge in [-0.25, -0.2) is 0 Å². The van der Waals surface area contributed by atoms with Crippen molar-refractivity contribution in [2.75, 3.05) is 0 Å². The summed E-state index contributed by atoms with van der Waals surface area (Å²) in [6.07, 6.45) is 1.63. The summed E-state index contributed by atoms with van der Waals surface area (Å²) in [5.74, 6) is 0.831. The summed E-state index contributed by atoms with van der Waals surface area (Å²) >= 11 is 0. The molecule has 0 aliphatic carbocycles. The second-order valence-corrected chi connectivity index (χ2v) is 3.94. The highest BCUT2D eigenvalue weighted by Gasteiger charge is 2.10. The minimum Gasteiger partial charge on any atom is -0.468 e. The summed E-state index contributed by atoms with van der Waals surface area (Å²) in [5.41, 5.74) is 2.14. The van der Waals surface area contributed by atoms with E-state index in [0.717, 1.165) is 16.9 Å². The van der Waals surface area contributed by atoms with Crippen molar-refractivity contribution in [1.29, 1.82) is 5.26 Å². The fourth-order valence-corrected chi connectivity index (χ4v) is 1.70. The Hall–Kier alpha value is -2.05. The maximum Gasteiger partial charge on any atom is 0.121 e. The summed E-state index contributed by atoms with van der Waals surface area (Å²) in [4.78, 5) is 0. The van der Waals surface area contributed by atoms with Crippen molar-refractivity contribution >= 4 is 0 Å². The van der Waals surface area contributed by atoms with Crippen LogP contribution in [0.1, 0.15) is 22.9 Å². The van der Waals surface area contributed by atoms with Gasteiger partial charge in [0.2, 0.25) is 0 Å². The summed E-state index contributed by atoms with van der Waals surface area (Å²) < 4.78 is 5.22. The van der Waals surface area contributed by atoms with Crippen LogP contribution in [-0.2, 0) is 6.54 Å². The lowest BCUT2D eigenvalue weighted by atomic mass is 10.1. The van der Waals surface area contributed by atoms with E-state index in [1.54, 1.807) is 6.26 Å². The number of furan rings is 1. The van der Waals surface area contributed by atoms with Crippen molar-refractivity contribution in [2.45, 2.75) is 19.5 Å². The number of benzene rings is 1. The molecular formula is C14H14N2O. The topological polar surface area (TPSA) is 49.0 Å². The monoisotopic (exact) mass is 226 g/mol. The Kier molecular flexibility index (Phi) is 3.59. The largest absolute Gasteiger partial charge is 0.468 e. The van der Waals surface area contributed by atoms with Crippen LogP contribution >= 0.6 is 0 Å². The van der Waals surface area contributed by atoms with Gasteiger partial charge in [-0.05, 0) is 24.6 Å². The highest BCUT2D eigenvalue weighted by Crippen LogP contribution is 2.14. The van der Waals surface area contributed by atoms with Gasteiger partial charge in [0.05, 0.1) is 18.9 Å². The van der Waals surface area contributed by atoms with Crippen molar-refractivity contribution in [3.63, 3.8) is 0 Å². The van der Waals surface area contributed by atoms with Gasteiger partial charge in [-0.15, -0.1) is 0 Å². The molecule has 2 aromatic rings. The van der Waals surface area contributed by atoms with Crippen LogP contribution in [0.2, 0.25) is 0 Å². The molecule has 0 saturated carbocycles. The van der Waals surface area contributed by atoms with Crippen LogP contribution in [0, 0.1) is 18.3 Å². The van der Waals surface area contributed by atoms with Crippen LogP contribution in [0.15, 0.2) is 47.1 Å². The minimum atomic E-state index is -0.306. The first-order valence-corrected chi connectivity index (χ1v) is 5.51. The van der Waals surface area contributed by atoms with E-state index in [9.17, 15) is 0 Å². The molecule has 86 valence electrons. The Morgan fingerprint density at radius 3 is 2.88 bits per heavy atom. The molecule has 0 saturated heterocycles. The van der Waals surface area contributed by atoms with Crippen LogP contribution in [0.3, 0.4) is 0 Å². The molecule has 1 N–H and O–H groups in total. The number of nitriles is 1. The van der Waals surface area contributed by atoms with Crippen molar-refractivity contribution in [3.05, 3.63) is 59.5 Å². The molecule has 0 aliphatic rings. The third kappa shape index (κ3) is 2.96. The minimum absolute atomic E-state index is 0.306. The van der Waals surface area contributed by atoms with Gasteiger partial charge in [0.25, 0.3) is 0 Å². The highest BCUT2D eigenvalue weighted by atomic mass is 16.3. The van der Waals surface area contributed by atoms with Crippen molar-refractivity contribution in [3.8, 4) is 6.07 Å². The second-order valence-electron chi connectivity index (χ2n) is 3.94. The van der Waals surface area contributed by atoms with Gasteiger partial charge >= 0.3 is 0 Å². The Morgan fingerprint density at radius 2 is 2.24 bits per heavy atom.